The second-order valence-electron chi connectivity index (χ2n) is 6.91. The second-order valence-corrected chi connectivity index (χ2v) is 10.7. The molecule has 2 rings (SSSR count). The van der Waals surface area contributed by atoms with Crippen LogP contribution in [0, 0.1) is 13.8 Å². The number of hydrogen-bond acceptors (Lipinski definition) is 3. The summed E-state index contributed by atoms with van der Waals surface area (Å²) in [6, 6.07) is 2.05. The van der Waals surface area contributed by atoms with Gasteiger partial charge in [0.05, 0.1) is 5.52 Å². The molecule has 2 aromatic rings. The Morgan fingerprint density at radius 3 is 2.36 bits per heavy atom. The molecule has 0 fully saturated rings. The van der Waals surface area contributed by atoms with Crippen molar-refractivity contribution < 1.29 is 9.53 Å². The number of aromatic nitrogens is 1. The molecular weight excluding hydrogens is 622 g/mol. The van der Waals surface area contributed by atoms with E-state index in [1.807, 2.05) is 19.9 Å². The first kappa shape index (κ1) is 24.1. The van der Waals surface area contributed by atoms with Gasteiger partial charge in [-0.3, -0.25) is 9.59 Å². The van der Waals surface area contributed by atoms with Gasteiger partial charge < -0.3 is 9.72 Å². The Morgan fingerprint density at radius 2 is 1.82 bits per heavy atom. The van der Waals surface area contributed by atoms with E-state index in [1.165, 1.54) is 6.92 Å². The van der Waals surface area contributed by atoms with E-state index < -0.39 is 0 Å². The lowest BCUT2D eigenvalue weighted by Crippen LogP contribution is -2.19. The molecule has 0 bridgehead atoms. The molecule has 28 heavy (non-hydrogen) atoms. The van der Waals surface area contributed by atoms with Crippen LogP contribution in [-0.2, 0) is 11.2 Å². The van der Waals surface area contributed by atoms with Crippen molar-refractivity contribution in [3.8, 4) is 5.75 Å². The van der Waals surface area contributed by atoms with Crippen molar-refractivity contribution in [2.45, 2.75) is 49.7 Å². The maximum Gasteiger partial charge on any atom is 0.308 e. The number of aryl methyl sites for hydroxylation is 1. The molecular formula is C20H23Br4NO3. The van der Waals surface area contributed by atoms with Gasteiger partial charge in [0, 0.05) is 43.8 Å². The number of halogens is 4. The quantitative estimate of drug-likeness (QED) is 0.228. The molecule has 4 nitrogen and oxygen atoms in total. The highest BCUT2D eigenvalue weighted by molar-refractivity contribution is 9.12. The minimum Gasteiger partial charge on any atom is -0.426 e. The molecule has 0 aliphatic carbocycles. The summed E-state index contributed by atoms with van der Waals surface area (Å²) in [7, 11) is 0. The summed E-state index contributed by atoms with van der Waals surface area (Å²) in [6.07, 6.45) is 0.602. The smallest absolute Gasteiger partial charge is 0.308 e. The van der Waals surface area contributed by atoms with E-state index in [-0.39, 0.29) is 27.1 Å². The van der Waals surface area contributed by atoms with Gasteiger partial charge in [-0.1, -0.05) is 70.6 Å². The number of hydrogen-bond donors (Lipinski definition) is 1. The Morgan fingerprint density at radius 1 is 1.18 bits per heavy atom. The summed E-state index contributed by atoms with van der Waals surface area (Å²) >= 11 is 14.4. The van der Waals surface area contributed by atoms with Gasteiger partial charge >= 0.3 is 5.97 Å². The van der Waals surface area contributed by atoms with Crippen molar-refractivity contribution >= 4 is 80.6 Å². The molecule has 1 aromatic carbocycles. The number of rotatable bonds is 7. The van der Waals surface area contributed by atoms with Gasteiger partial charge in [0.25, 0.3) is 5.56 Å². The zero-order chi connectivity index (χ0) is 21.2. The molecule has 1 aromatic heterocycles. The highest BCUT2D eigenvalue weighted by Crippen LogP contribution is 2.41. The van der Waals surface area contributed by atoms with Crippen LogP contribution in [0.1, 0.15) is 42.0 Å². The fourth-order valence-electron chi connectivity index (χ4n) is 3.16. The van der Waals surface area contributed by atoms with E-state index in [2.05, 4.69) is 75.6 Å². The first-order valence-electron chi connectivity index (χ1n) is 8.89. The standard InChI is InChI=1S/C20H23Br4NO3/c1-9-10(2)20(27)25-18-14(9)6-15(11(3)17(24)8-22)19(28-12(4)26)16(18)5-13(23)7-21/h6,11,13,17H,5,7-8H2,1-4H3,(H,25,27). The summed E-state index contributed by atoms with van der Waals surface area (Å²) in [5, 5.41) is 2.46. The molecule has 0 spiro atoms. The fourth-order valence-corrected chi connectivity index (χ4v) is 4.56. The van der Waals surface area contributed by atoms with Crippen LogP contribution in [-0.4, -0.2) is 31.3 Å². The Balaban J connectivity index is 2.96. The number of fused-ring (bicyclic) bond motifs is 1. The number of H-pyrrole nitrogens is 1. The Labute approximate surface area is 198 Å². The summed E-state index contributed by atoms with van der Waals surface area (Å²) in [6.45, 7) is 7.29. The number of ether oxygens (including phenoxy) is 1. The van der Waals surface area contributed by atoms with Crippen LogP contribution in [0.2, 0.25) is 0 Å². The van der Waals surface area contributed by atoms with E-state index in [4.69, 9.17) is 4.74 Å². The predicted molar refractivity (Wildman–Crippen MR) is 130 cm³/mol. The number of benzene rings is 1. The first-order valence-corrected chi connectivity index (χ1v) is 13.0. The molecule has 0 amide bonds. The molecule has 0 aliphatic rings. The minimum atomic E-state index is -0.379. The van der Waals surface area contributed by atoms with Gasteiger partial charge in [-0.25, -0.2) is 0 Å². The van der Waals surface area contributed by atoms with Gasteiger partial charge in [0.2, 0.25) is 0 Å². The monoisotopic (exact) mass is 641 g/mol. The molecule has 0 saturated heterocycles. The van der Waals surface area contributed by atoms with Crippen LogP contribution in [0.3, 0.4) is 0 Å². The highest BCUT2D eigenvalue weighted by atomic mass is 79.9. The molecule has 1 heterocycles. The van der Waals surface area contributed by atoms with E-state index in [1.54, 1.807) is 0 Å². The maximum atomic E-state index is 12.5. The van der Waals surface area contributed by atoms with Crippen molar-refractivity contribution in [1.82, 2.24) is 4.98 Å². The first-order chi connectivity index (χ1) is 13.1. The topological polar surface area (TPSA) is 59.2 Å². The predicted octanol–water partition coefficient (Wildman–Crippen LogP) is 6.03. The zero-order valence-corrected chi connectivity index (χ0v) is 22.5. The third-order valence-electron chi connectivity index (χ3n) is 4.97. The number of alkyl halides is 4. The molecule has 8 heteroatoms. The number of nitrogens with one attached hydrogen (secondary N) is 1. The summed E-state index contributed by atoms with van der Waals surface area (Å²) in [5.41, 5.74) is 4.04. The molecule has 3 unspecified atom stereocenters. The van der Waals surface area contributed by atoms with Crippen LogP contribution in [0.4, 0.5) is 0 Å². The molecule has 3 atom stereocenters. The van der Waals surface area contributed by atoms with Crippen LogP contribution in [0.5, 0.6) is 5.75 Å². The molecule has 0 radical (unpaired) electrons. The van der Waals surface area contributed by atoms with E-state index in [9.17, 15) is 9.59 Å². The lowest BCUT2D eigenvalue weighted by atomic mass is 9.89. The van der Waals surface area contributed by atoms with E-state index >= 15 is 0 Å². The van der Waals surface area contributed by atoms with Gasteiger partial charge in [-0.2, -0.15) is 0 Å². The van der Waals surface area contributed by atoms with Crippen molar-refractivity contribution in [2.24, 2.45) is 0 Å². The Bertz CT molecular complexity index is 941. The maximum absolute atomic E-state index is 12.5. The minimum absolute atomic E-state index is 0.0845. The van der Waals surface area contributed by atoms with Crippen molar-refractivity contribution in [3.05, 3.63) is 38.7 Å². The molecule has 1 N–H and O–H groups in total. The van der Waals surface area contributed by atoms with Crippen LogP contribution in [0.15, 0.2) is 10.9 Å². The van der Waals surface area contributed by atoms with Crippen molar-refractivity contribution in [2.75, 3.05) is 10.7 Å². The van der Waals surface area contributed by atoms with Gasteiger partial charge in [-0.15, -0.1) is 0 Å². The van der Waals surface area contributed by atoms with Gasteiger partial charge in [0.15, 0.2) is 0 Å². The van der Waals surface area contributed by atoms with Crippen molar-refractivity contribution in [1.29, 1.82) is 0 Å². The number of aromatic amines is 1. The third kappa shape index (κ3) is 5.10. The number of carbonyl (C=O) groups is 1. The van der Waals surface area contributed by atoms with Gasteiger partial charge in [-0.05, 0) is 43.4 Å². The Hall–Kier alpha value is -0.180. The normalized spacial score (nSPS) is 14.7. The van der Waals surface area contributed by atoms with E-state index in [0.717, 1.165) is 38.3 Å². The lowest BCUT2D eigenvalue weighted by Gasteiger charge is -2.24. The number of carbonyl (C=O) groups excluding carboxylic acids is 1. The average molecular weight is 645 g/mol. The zero-order valence-electron chi connectivity index (χ0n) is 16.2. The van der Waals surface area contributed by atoms with E-state index in [0.29, 0.717) is 17.7 Å². The largest absolute Gasteiger partial charge is 0.426 e. The lowest BCUT2D eigenvalue weighted by molar-refractivity contribution is -0.132. The third-order valence-corrected chi connectivity index (χ3v) is 9.95. The number of esters is 1. The summed E-state index contributed by atoms with van der Waals surface area (Å²) in [5.74, 6) is 0.249. The SMILES string of the molecule is CC(=O)Oc1c(C(C)C(Br)CBr)cc2c(C)c(C)c(=O)[nH]c2c1CC(Br)CBr. The Kier molecular flexibility index (Phi) is 8.80. The average Bonchev–Trinajstić information content (AvgIpc) is 2.66. The number of pyridine rings is 1. The summed E-state index contributed by atoms with van der Waals surface area (Å²) < 4.78 is 5.72. The van der Waals surface area contributed by atoms with Crippen LogP contribution < -0.4 is 10.3 Å². The highest BCUT2D eigenvalue weighted by Gasteiger charge is 2.26. The fraction of sp³-hybridized carbons (Fsp3) is 0.500. The van der Waals surface area contributed by atoms with Crippen LogP contribution in [0.25, 0.3) is 10.9 Å². The second kappa shape index (κ2) is 10.2. The molecule has 154 valence electrons. The van der Waals surface area contributed by atoms with Crippen LogP contribution >= 0.6 is 63.7 Å². The molecule has 0 saturated carbocycles. The van der Waals surface area contributed by atoms with Gasteiger partial charge in [0.1, 0.15) is 5.75 Å². The van der Waals surface area contributed by atoms with Crippen molar-refractivity contribution in [3.63, 3.8) is 0 Å². The molecule has 0 aliphatic heterocycles. The summed E-state index contributed by atoms with van der Waals surface area (Å²) in [4.78, 5) is 27.7.